The molecular formula is C20H20ClN5O3S. The number of aryl methyl sites for hydroxylation is 1. The summed E-state index contributed by atoms with van der Waals surface area (Å²) in [6.07, 6.45) is 6.56. The first-order valence-electron chi connectivity index (χ1n) is 9.61. The molecule has 0 amide bonds. The lowest BCUT2D eigenvalue weighted by Gasteiger charge is -2.12. The Balaban J connectivity index is 1.61. The largest absolute Gasteiger partial charge is 0.390 e. The van der Waals surface area contributed by atoms with Crippen molar-refractivity contribution in [2.75, 3.05) is 6.26 Å². The summed E-state index contributed by atoms with van der Waals surface area (Å²) in [7, 11) is -3.50. The summed E-state index contributed by atoms with van der Waals surface area (Å²) in [5.74, 6) is 0.713. The first-order chi connectivity index (χ1) is 14.2. The lowest BCUT2D eigenvalue weighted by atomic mass is 10.2. The molecule has 0 bridgehead atoms. The lowest BCUT2D eigenvalue weighted by Crippen LogP contribution is -2.15. The second-order valence-corrected chi connectivity index (χ2v) is 10.3. The molecule has 10 heteroatoms. The second kappa shape index (κ2) is 6.76. The Bertz CT molecular complexity index is 1390. The molecule has 1 fully saturated rings. The minimum Gasteiger partial charge on any atom is -0.390 e. The van der Waals surface area contributed by atoms with Crippen molar-refractivity contribution in [3.63, 3.8) is 0 Å². The summed E-state index contributed by atoms with van der Waals surface area (Å²) in [4.78, 5) is 8.87. The van der Waals surface area contributed by atoms with Crippen molar-refractivity contribution in [2.45, 2.75) is 43.0 Å². The van der Waals surface area contributed by atoms with Crippen LogP contribution in [0.25, 0.3) is 21.9 Å². The van der Waals surface area contributed by atoms with Crippen LogP contribution in [0.1, 0.15) is 25.1 Å². The fraction of sp³-hybridized carbons (Fsp3) is 0.350. The van der Waals surface area contributed by atoms with Gasteiger partial charge in [0.2, 0.25) is 0 Å². The van der Waals surface area contributed by atoms with E-state index in [1.165, 1.54) is 0 Å². The number of hydrogen-bond acceptors (Lipinski definition) is 6. The molecule has 8 nitrogen and oxygen atoms in total. The molecule has 1 aliphatic carbocycles. The molecule has 1 aliphatic rings. The normalized spacial score (nSPS) is 15.8. The van der Waals surface area contributed by atoms with Crippen molar-refractivity contribution in [3.05, 3.63) is 47.5 Å². The summed E-state index contributed by atoms with van der Waals surface area (Å²) >= 11 is 6.15. The fourth-order valence-electron chi connectivity index (χ4n) is 3.76. The maximum Gasteiger partial charge on any atom is 0.195 e. The molecule has 4 aromatic rings. The molecule has 156 valence electrons. The molecule has 0 saturated heterocycles. The Morgan fingerprint density at radius 3 is 2.77 bits per heavy atom. The zero-order valence-electron chi connectivity index (χ0n) is 16.3. The third-order valence-corrected chi connectivity index (χ3v) is 6.82. The molecule has 1 saturated carbocycles. The summed E-state index contributed by atoms with van der Waals surface area (Å²) < 4.78 is 28.1. The average molecular weight is 446 g/mol. The maximum absolute atomic E-state index is 12.2. The molecule has 5 rings (SSSR count). The smallest absolute Gasteiger partial charge is 0.195 e. The van der Waals surface area contributed by atoms with E-state index in [4.69, 9.17) is 16.6 Å². The van der Waals surface area contributed by atoms with Gasteiger partial charge >= 0.3 is 0 Å². The number of halogens is 1. The van der Waals surface area contributed by atoms with Crippen LogP contribution in [-0.4, -0.2) is 49.7 Å². The van der Waals surface area contributed by atoms with E-state index in [1.807, 2.05) is 16.7 Å². The number of hydrogen-bond donors (Lipinski definition) is 1. The maximum atomic E-state index is 12.2. The van der Waals surface area contributed by atoms with E-state index >= 15 is 0 Å². The van der Waals surface area contributed by atoms with Gasteiger partial charge in [0.25, 0.3) is 0 Å². The Morgan fingerprint density at radius 2 is 2.03 bits per heavy atom. The Morgan fingerprint density at radius 1 is 1.23 bits per heavy atom. The van der Waals surface area contributed by atoms with Gasteiger partial charge in [-0.05, 0) is 43.5 Å². The highest BCUT2D eigenvalue weighted by Crippen LogP contribution is 2.39. The van der Waals surface area contributed by atoms with Gasteiger partial charge in [0.1, 0.15) is 5.82 Å². The first kappa shape index (κ1) is 19.5. The van der Waals surface area contributed by atoms with Crippen LogP contribution >= 0.6 is 11.6 Å². The van der Waals surface area contributed by atoms with Crippen LogP contribution in [0.3, 0.4) is 0 Å². The van der Waals surface area contributed by atoms with Crippen LogP contribution in [0, 0.1) is 0 Å². The van der Waals surface area contributed by atoms with E-state index in [0.29, 0.717) is 34.7 Å². The summed E-state index contributed by atoms with van der Waals surface area (Å²) in [6.45, 7) is 0.864. The Hall–Kier alpha value is -2.49. The monoisotopic (exact) mass is 445 g/mol. The minimum atomic E-state index is -3.50. The highest BCUT2D eigenvalue weighted by atomic mass is 35.5. The van der Waals surface area contributed by atoms with Crippen LogP contribution < -0.4 is 0 Å². The first-order valence-corrected chi connectivity index (χ1v) is 11.9. The Kier molecular flexibility index (Phi) is 4.39. The van der Waals surface area contributed by atoms with Crippen molar-refractivity contribution in [1.82, 2.24) is 24.3 Å². The van der Waals surface area contributed by atoms with Gasteiger partial charge in [-0.3, -0.25) is 9.67 Å². The minimum absolute atomic E-state index is 0.0258. The van der Waals surface area contributed by atoms with E-state index in [2.05, 4.69) is 10.1 Å². The predicted octanol–water partition coefficient (Wildman–Crippen LogP) is 2.80. The molecule has 30 heavy (non-hydrogen) atoms. The molecule has 0 radical (unpaired) electrons. The lowest BCUT2D eigenvalue weighted by molar-refractivity contribution is 0.134. The van der Waals surface area contributed by atoms with Gasteiger partial charge in [-0.2, -0.15) is 5.10 Å². The summed E-state index contributed by atoms with van der Waals surface area (Å²) in [6, 6.07) is 7.18. The molecule has 0 aliphatic heterocycles. The second-order valence-electron chi connectivity index (χ2n) is 7.91. The van der Waals surface area contributed by atoms with E-state index in [0.717, 1.165) is 30.1 Å². The molecule has 3 aromatic heterocycles. The summed E-state index contributed by atoms with van der Waals surface area (Å²) in [5, 5.41) is 15.8. The summed E-state index contributed by atoms with van der Waals surface area (Å²) in [5.41, 5.74) is 1.69. The quantitative estimate of drug-likeness (QED) is 0.489. The van der Waals surface area contributed by atoms with Crippen LogP contribution in [0.2, 0.25) is 5.02 Å². The number of aromatic nitrogens is 5. The van der Waals surface area contributed by atoms with E-state index in [-0.39, 0.29) is 11.6 Å². The van der Waals surface area contributed by atoms with Gasteiger partial charge in [0.15, 0.2) is 14.9 Å². The van der Waals surface area contributed by atoms with Crippen molar-refractivity contribution >= 4 is 43.4 Å². The number of fused-ring (bicyclic) bond motifs is 2. The van der Waals surface area contributed by atoms with E-state index in [9.17, 15) is 13.5 Å². The number of imidazole rings is 1. The zero-order valence-corrected chi connectivity index (χ0v) is 17.9. The van der Waals surface area contributed by atoms with Crippen molar-refractivity contribution in [1.29, 1.82) is 0 Å². The highest BCUT2D eigenvalue weighted by molar-refractivity contribution is 7.90. The molecule has 0 spiro atoms. The molecule has 3 heterocycles. The Labute approximate surface area is 178 Å². The molecule has 1 aromatic carbocycles. The number of rotatable bonds is 6. The molecule has 0 atom stereocenters. The number of sulfone groups is 1. The number of aliphatic hydroxyl groups is 1. The fourth-order valence-corrected chi connectivity index (χ4v) is 4.74. The van der Waals surface area contributed by atoms with Crippen molar-refractivity contribution < 1.29 is 13.5 Å². The predicted molar refractivity (Wildman–Crippen MR) is 113 cm³/mol. The van der Waals surface area contributed by atoms with Gasteiger partial charge < -0.3 is 9.67 Å². The molecule has 0 unspecified atom stereocenters. The van der Waals surface area contributed by atoms with Gasteiger partial charge in [0.05, 0.1) is 34.9 Å². The molecular weight excluding hydrogens is 426 g/mol. The van der Waals surface area contributed by atoms with Gasteiger partial charge in [-0.15, -0.1) is 0 Å². The highest BCUT2D eigenvalue weighted by Gasteiger charge is 2.39. The standard InChI is InChI=1S/C20H20ClN5O3S/c1-30(28,29)19-14-4-8-22-11-17(14)26(24-19)12-18-23-15-10-13(21)2-3-16(15)25(18)9-7-20(27)5-6-20/h2-4,8,10-11,27H,5-7,9,12H2,1H3. The third-order valence-electron chi connectivity index (χ3n) is 5.58. The van der Waals surface area contributed by atoms with Crippen LogP contribution in [0.4, 0.5) is 0 Å². The third kappa shape index (κ3) is 3.46. The van der Waals surface area contributed by atoms with E-state index in [1.54, 1.807) is 29.2 Å². The SMILES string of the molecule is CS(=O)(=O)c1nn(Cc2nc3cc(Cl)ccc3n2CCC2(O)CC2)c2cnccc12. The number of nitrogens with zero attached hydrogens (tertiary/aromatic N) is 5. The molecule has 1 N–H and O–H groups in total. The van der Waals surface area contributed by atoms with Crippen molar-refractivity contribution in [3.8, 4) is 0 Å². The topological polar surface area (TPSA) is 103 Å². The van der Waals surface area contributed by atoms with Crippen LogP contribution in [0.15, 0.2) is 41.7 Å². The zero-order chi connectivity index (χ0) is 21.1. The van der Waals surface area contributed by atoms with Gasteiger partial charge in [-0.25, -0.2) is 13.4 Å². The van der Waals surface area contributed by atoms with Gasteiger partial charge in [-0.1, -0.05) is 11.6 Å². The average Bonchev–Trinajstić information content (AvgIpc) is 3.17. The number of benzene rings is 1. The van der Waals surface area contributed by atoms with Gasteiger partial charge in [0, 0.05) is 29.4 Å². The van der Waals surface area contributed by atoms with Crippen LogP contribution in [-0.2, 0) is 22.9 Å². The van der Waals surface area contributed by atoms with Crippen LogP contribution in [0.5, 0.6) is 0 Å². The number of pyridine rings is 1. The van der Waals surface area contributed by atoms with Crippen molar-refractivity contribution in [2.24, 2.45) is 0 Å². The van der Waals surface area contributed by atoms with E-state index < -0.39 is 15.4 Å².